The van der Waals surface area contributed by atoms with Crippen molar-refractivity contribution in [3.8, 4) is 5.75 Å². The summed E-state index contributed by atoms with van der Waals surface area (Å²) in [5.41, 5.74) is 1.09. The summed E-state index contributed by atoms with van der Waals surface area (Å²) >= 11 is 0. The molecule has 0 saturated carbocycles. The Morgan fingerprint density at radius 1 is 1.11 bits per heavy atom. The van der Waals surface area contributed by atoms with Crippen LogP contribution in [-0.2, 0) is 21.3 Å². The number of rotatable bonds is 6. The Labute approximate surface area is 162 Å². The van der Waals surface area contributed by atoms with Crippen molar-refractivity contribution in [2.75, 3.05) is 5.32 Å². The first-order valence-electron chi connectivity index (χ1n) is 8.67. The number of carbonyl (C=O) groups is 1. The molecule has 0 saturated heterocycles. The van der Waals surface area contributed by atoms with Gasteiger partial charge in [0.2, 0.25) is 5.91 Å². The molecule has 1 aromatic heterocycles. The van der Waals surface area contributed by atoms with Gasteiger partial charge in [-0.1, -0.05) is 13.3 Å². The van der Waals surface area contributed by atoms with E-state index in [9.17, 15) is 18.0 Å². The molecule has 7 nitrogen and oxygen atoms in total. The molecule has 0 radical (unpaired) electrons. The molecule has 0 aliphatic rings. The lowest BCUT2D eigenvalue weighted by molar-refractivity contribution is -0.114. The lowest BCUT2D eigenvalue weighted by Crippen LogP contribution is -2.10. The minimum atomic E-state index is -4.09. The van der Waals surface area contributed by atoms with E-state index < -0.39 is 15.7 Å². The molecule has 1 N–H and O–H groups in total. The summed E-state index contributed by atoms with van der Waals surface area (Å²) in [6.07, 6.45) is 1.57. The SMILES string of the molecule is CCCc1cc(=O)oc2cc(OS(=O)(=O)c3ccc(NC(C)=O)cc3)ccc12. The second-order valence-corrected chi connectivity index (χ2v) is 7.79. The van der Waals surface area contributed by atoms with Crippen molar-refractivity contribution < 1.29 is 21.8 Å². The minimum absolute atomic E-state index is 0.0373. The predicted molar refractivity (Wildman–Crippen MR) is 105 cm³/mol. The highest BCUT2D eigenvalue weighted by atomic mass is 32.2. The highest BCUT2D eigenvalue weighted by molar-refractivity contribution is 7.87. The normalized spacial score (nSPS) is 11.4. The van der Waals surface area contributed by atoms with Crippen LogP contribution in [0.2, 0.25) is 0 Å². The molecule has 1 heterocycles. The summed E-state index contributed by atoms with van der Waals surface area (Å²) in [6.45, 7) is 3.36. The Morgan fingerprint density at radius 3 is 2.46 bits per heavy atom. The Bertz CT molecular complexity index is 1180. The number of benzene rings is 2. The lowest BCUT2D eigenvalue weighted by Gasteiger charge is -2.09. The van der Waals surface area contributed by atoms with E-state index in [2.05, 4.69) is 5.32 Å². The summed E-state index contributed by atoms with van der Waals surface area (Å²) < 4.78 is 35.4. The van der Waals surface area contributed by atoms with E-state index in [0.717, 1.165) is 17.4 Å². The zero-order chi connectivity index (χ0) is 20.3. The van der Waals surface area contributed by atoms with Crippen LogP contribution in [0.4, 0.5) is 5.69 Å². The molecule has 0 unspecified atom stereocenters. The fraction of sp³-hybridized carbons (Fsp3) is 0.200. The number of fused-ring (bicyclic) bond motifs is 1. The molecule has 0 bridgehead atoms. The fourth-order valence-electron chi connectivity index (χ4n) is 2.82. The van der Waals surface area contributed by atoms with Crippen molar-refractivity contribution in [2.45, 2.75) is 31.6 Å². The third-order valence-electron chi connectivity index (χ3n) is 3.99. The number of carbonyl (C=O) groups excluding carboxylic acids is 1. The molecule has 146 valence electrons. The average molecular weight is 401 g/mol. The monoisotopic (exact) mass is 401 g/mol. The van der Waals surface area contributed by atoms with Crippen LogP contribution in [0.5, 0.6) is 5.75 Å². The van der Waals surface area contributed by atoms with E-state index in [1.807, 2.05) is 6.92 Å². The number of nitrogens with one attached hydrogen (secondary N) is 1. The van der Waals surface area contributed by atoms with Crippen LogP contribution in [0.25, 0.3) is 11.0 Å². The first-order valence-corrected chi connectivity index (χ1v) is 10.1. The van der Waals surface area contributed by atoms with Gasteiger partial charge in [0.25, 0.3) is 0 Å². The topological polar surface area (TPSA) is 103 Å². The summed E-state index contributed by atoms with van der Waals surface area (Å²) in [4.78, 5) is 22.7. The quantitative estimate of drug-likeness (QED) is 0.501. The van der Waals surface area contributed by atoms with Gasteiger partial charge in [-0.05, 0) is 48.4 Å². The van der Waals surface area contributed by atoms with Crippen LogP contribution < -0.4 is 15.1 Å². The molecule has 28 heavy (non-hydrogen) atoms. The zero-order valence-corrected chi connectivity index (χ0v) is 16.2. The van der Waals surface area contributed by atoms with Crippen molar-refractivity contribution >= 4 is 32.7 Å². The van der Waals surface area contributed by atoms with E-state index >= 15 is 0 Å². The number of aryl methyl sites for hydroxylation is 1. The Kier molecular flexibility index (Phi) is 5.51. The smallest absolute Gasteiger partial charge is 0.339 e. The maximum atomic E-state index is 12.5. The van der Waals surface area contributed by atoms with Crippen molar-refractivity contribution in [2.24, 2.45) is 0 Å². The lowest BCUT2D eigenvalue weighted by atomic mass is 10.1. The van der Waals surface area contributed by atoms with E-state index in [4.69, 9.17) is 8.60 Å². The van der Waals surface area contributed by atoms with Gasteiger partial charge in [-0.2, -0.15) is 8.42 Å². The standard InChI is InChI=1S/C20H19NO6S/c1-3-4-14-11-20(23)26-19-12-16(7-10-18(14)19)27-28(24,25)17-8-5-15(6-9-17)21-13(2)22/h5-12H,3-4H2,1-2H3,(H,21,22). The van der Waals surface area contributed by atoms with Gasteiger partial charge >= 0.3 is 15.7 Å². The molecule has 8 heteroatoms. The van der Waals surface area contributed by atoms with Gasteiger partial charge in [-0.25, -0.2) is 4.79 Å². The third kappa shape index (κ3) is 4.40. The molecule has 0 aliphatic carbocycles. The number of hydrogen-bond acceptors (Lipinski definition) is 6. The molecule has 3 rings (SSSR count). The van der Waals surface area contributed by atoms with Crippen LogP contribution in [0, 0.1) is 0 Å². The minimum Gasteiger partial charge on any atom is -0.423 e. The van der Waals surface area contributed by atoms with Gasteiger partial charge in [-0.15, -0.1) is 0 Å². The van der Waals surface area contributed by atoms with Crippen molar-refractivity contribution in [1.82, 2.24) is 0 Å². The molecule has 2 aromatic carbocycles. The zero-order valence-electron chi connectivity index (χ0n) is 15.4. The largest absolute Gasteiger partial charge is 0.423 e. The Balaban J connectivity index is 1.90. The second kappa shape index (κ2) is 7.85. The van der Waals surface area contributed by atoms with E-state index in [0.29, 0.717) is 12.1 Å². The van der Waals surface area contributed by atoms with Crippen LogP contribution in [0.15, 0.2) is 62.6 Å². The van der Waals surface area contributed by atoms with Crippen LogP contribution >= 0.6 is 0 Å². The predicted octanol–water partition coefficient (Wildman–Crippen LogP) is 3.47. The van der Waals surface area contributed by atoms with Crippen molar-refractivity contribution in [1.29, 1.82) is 0 Å². The molecule has 0 spiro atoms. The van der Waals surface area contributed by atoms with Crippen LogP contribution in [0.1, 0.15) is 25.8 Å². The second-order valence-electron chi connectivity index (χ2n) is 6.24. The highest BCUT2D eigenvalue weighted by Crippen LogP contribution is 2.26. The van der Waals surface area contributed by atoms with E-state index in [-0.39, 0.29) is 22.1 Å². The first-order chi connectivity index (χ1) is 13.3. The van der Waals surface area contributed by atoms with Crippen LogP contribution in [0.3, 0.4) is 0 Å². The van der Waals surface area contributed by atoms with Gasteiger partial charge in [0.15, 0.2) is 0 Å². The third-order valence-corrected chi connectivity index (χ3v) is 5.25. The molecule has 0 atom stereocenters. The average Bonchev–Trinajstić information content (AvgIpc) is 2.61. The van der Waals surface area contributed by atoms with E-state index in [1.54, 1.807) is 6.07 Å². The number of amides is 1. The number of hydrogen-bond donors (Lipinski definition) is 1. The molecule has 0 fully saturated rings. The fourth-order valence-corrected chi connectivity index (χ4v) is 3.74. The number of anilines is 1. The first kappa shape index (κ1) is 19.6. The van der Waals surface area contributed by atoms with Gasteiger partial charge < -0.3 is 13.9 Å². The van der Waals surface area contributed by atoms with Gasteiger partial charge in [0.1, 0.15) is 16.2 Å². The summed E-state index contributed by atoms with van der Waals surface area (Å²) in [7, 11) is -4.09. The van der Waals surface area contributed by atoms with Gasteiger partial charge in [0.05, 0.1) is 0 Å². The maximum absolute atomic E-state index is 12.5. The van der Waals surface area contributed by atoms with E-state index in [1.165, 1.54) is 49.4 Å². The summed E-state index contributed by atoms with van der Waals surface area (Å²) in [5.74, 6) is -0.220. The van der Waals surface area contributed by atoms with Crippen molar-refractivity contribution in [3.63, 3.8) is 0 Å². The molecule has 3 aromatic rings. The maximum Gasteiger partial charge on any atom is 0.339 e. The van der Waals surface area contributed by atoms with Crippen LogP contribution in [-0.4, -0.2) is 14.3 Å². The highest BCUT2D eigenvalue weighted by Gasteiger charge is 2.18. The Hall–Kier alpha value is -3.13. The van der Waals surface area contributed by atoms with Crippen molar-refractivity contribution in [3.05, 3.63) is 64.5 Å². The molecule has 0 aliphatic heterocycles. The summed E-state index contributed by atoms with van der Waals surface area (Å²) in [5, 5.41) is 3.30. The Morgan fingerprint density at radius 2 is 1.82 bits per heavy atom. The molecular weight excluding hydrogens is 382 g/mol. The molecular formula is C20H19NO6S. The van der Waals surface area contributed by atoms with Gasteiger partial charge in [0, 0.05) is 30.1 Å². The van der Waals surface area contributed by atoms with Gasteiger partial charge in [-0.3, -0.25) is 4.79 Å². The summed E-state index contributed by atoms with van der Waals surface area (Å²) in [6, 6.07) is 11.6. The molecule has 1 amide bonds.